The van der Waals surface area contributed by atoms with Crippen molar-refractivity contribution >= 4 is 23.2 Å². The van der Waals surface area contributed by atoms with Gasteiger partial charge in [-0.25, -0.2) is 0 Å². The van der Waals surface area contributed by atoms with Crippen molar-refractivity contribution in [2.45, 2.75) is 31.8 Å². The normalized spacial score (nSPS) is 18.1. The summed E-state index contributed by atoms with van der Waals surface area (Å²) >= 11 is 0. The van der Waals surface area contributed by atoms with Crippen LogP contribution in [0.1, 0.15) is 23.1 Å². The minimum Gasteiger partial charge on any atom is -0.388 e. The van der Waals surface area contributed by atoms with Gasteiger partial charge in [0.15, 0.2) is 0 Å². The number of nitro groups is 1. The second-order valence-electron chi connectivity index (χ2n) is 7.08. The van der Waals surface area contributed by atoms with Crippen molar-refractivity contribution in [3.8, 4) is 0 Å². The summed E-state index contributed by atoms with van der Waals surface area (Å²) in [6.07, 6.45) is 1.54. The van der Waals surface area contributed by atoms with Crippen LogP contribution in [0.25, 0.3) is 0 Å². The summed E-state index contributed by atoms with van der Waals surface area (Å²) in [5.41, 5.74) is 1.37. The Labute approximate surface area is 161 Å². The molecule has 3 rings (SSSR count). The van der Waals surface area contributed by atoms with Crippen molar-refractivity contribution in [1.82, 2.24) is 5.32 Å². The van der Waals surface area contributed by atoms with Crippen LogP contribution in [0.5, 0.6) is 0 Å². The Morgan fingerprint density at radius 3 is 2.61 bits per heavy atom. The topological polar surface area (TPSA) is 122 Å². The lowest BCUT2D eigenvalue weighted by molar-refractivity contribution is -0.384. The number of aryl methyl sites for hydroxylation is 2. The first kappa shape index (κ1) is 19.5. The molecular weight excluding hydrogens is 362 g/mol. The summed E-state index contributed by atoms with van der Waals surface area (Å²) in [6.45, 7) is 1.61. The maximum Gasteiger partial charge on any atom is 0.313 e. The molecule has 0 spiro atoms. The smallest absolute Gasteiger partial charge is 0.313 e. The first-order chi connectivity index (χ1) is 13.3. The van der Waals surface area contributed by atoms with Crippen LogP contribution in [-0.2, 0) is 22.4 Å². The number of carbonyl (C=O) groups excluding carboxylic acids is 2. The van der Waals surface area contributed by atoms with Crippen LogP contribution in [0.2, 0.25) is 0 Å². The quantitative estimate of drug-likeness (QED) is 0.423. The molecule has 1 aliphatic rings. The Balaban J connectivity index is 1.61. The maximum atomic E-state index is 12.1. The zero-order valence-electron chi connectivity index (χ0n) is 15.4. The molecule has 0 fully saturated rings. The van der Waals surface area contributed by atoms with Gasteiger partial charge in [-0.3, -0.25) is 19.7 Å². The molecule has 0 saturated carbocycles. The third-order valence-corrected chi connectivity index (χ3v) is 4.88. The summed E-state index contributed by atoms with van der Waals surface area (Å²) < 4.78 is 0. The van der Waals surface area contributed by atoms with Crippen molar-refractivity contribution in [2.75, 3.05) is 11.9 Å². The molecule has 0 aliphatic heterocycles. The Morgan fingerprint density at radius 2 is 1.89 bits per heavy atom. The zero-order chi connectivity index (χ0) is 20.3. The molecule has 2 amide bonds. The second kappa shape index (κ2) is 7.77. The van der Waals surface area contributed by atoms with E-state index < -0.39 is 22.3 Å². The molecule has 0 saturated heterocycles. The molecule has 28 heavy (non-hydrogen) atoms. The molecular formula is C20H21N3O5. The van der Waals surface area contributed by atoms with E-state index in [1.807, 2.05) is 24.3 Å². The average Bonchev–Trinajstić information content (AvgIpc) is 2.67. The average molecular weight is 383 g/mol. The molecule has 1 unspecified atom stereocenters. The highest BCUT2D eigenvalue weighted by atomic mass is 16.6. The number of amides is 2. The van der Waals surface area contributed by atoms with E-state index in [1.165, 1.54) is 17.7 Å². The number of rotatable bonds is 4. The number of nitrogens with one attached hydrogen (secondary N) is 2. The number of aliphatic hydroxyl groups is 1. The predicted molar refractivity (Wildman–Crippen MR) is 103 cm³/mol. The summed E-state index contributed by atoms with van der Waals surface area (Å²) in [5.74, 6) is -1.98. The van der Waals surface area contributed by atoms with Gasteiger partial charge in [0.25, 0.3) is 5.69 Å². The first-order valence-electron chi connectivity index (χ1n) is 8.91. The van der Waals surface area contributed by atoms with Crippen molar-refractivity contribution in [3.63, 3.8) is 0 Å². The number of hydrogen-bond donors (Lipinski definition) is 3. The number of nitrogens with zero attached hydrogens (tertiary/aromatic N) is 1. The van der Waals surface area contributed by atoms with Gasteiger partial charge in [-0.05, 0) is 42.5 Å². The van der Waals surface area contributed by atoms with Crippen LogP contribution in [0.4, 0.5) is 11.4 Å². The van der Waals surface area contributed by atoms with Crippen LogP contribution in [0.15, 0.2) is 42.5 Å². The molecule has 1 atom stereocenters. The summed E-state index contributed by atoms with van der Waals surface area (Å²) in [4.78, 5) is 34.7. The van der Waals surface area contributed by atoms with Gasteiger partial charge >= 0.3 is 11.8 Å². The minimum absolute atomic E-state index is 0.0546. The summed E-state index contributed by atoms with van der Waals surface area (Å²) in [6, 6.07) is 12.1. The molecule has 8 nitrogen and oxygen atoms in total. The van der Waals surface area contributed by atoms with E-state index in [4.69, 9.17) is 0 Å². The molecule has 0 heterocycles. The van der Waals surface area contributed by atoms with Gasteiger partial charge in [-0.2, -0.15) is 0 Å². The summed E-state index contributed by atoms with van der Waals surface area (Å²) in [5, 5.41) is 26.6. The second-order valence-corrected chi connectivity index (χ2v) is 7.08. The number of nitro benzene ring substituents is 1. The highest BCUT2D eigenvalue weighted by Crippen LogP contribution is 2.28. The van der Waals surface area contributed by atoms with Crippen LogP contribution in [0.3, 0.4) is 0 Å². The van der Waals surface area contributed by atoms with Gasteiger partial charge in [0.2, 0.25) is 0 Å². The van der Waals surface area contributed by atoms with E-state index in [2.05, 4.69) is 10.6 Å². The Kier molecular flexibility index (Phi) is 5.41. The number of anilines is 1. The van der Waals surface area contributed by atoms with Crippen LogP contribution >= 0.6 is 0 Å². The molecule has 8 heteroatoms. The van der Waals surface area contributed by atoms with E-state index in [1.54, 1.807) is 13.0 Å². The Hall–Kier alpha value is -3.26. The Morgan fingerprint density at radius 1 is 1.18 bits per heavy atom. The highest BCUT2D eigenvalue weighted by Gasteiger charge is 2.33. The predicted octanol–water partition coefficient (Wildman–Crippen LogP) is 1.88. The molecule has 0 radical (unpaired) electrons. The third kappa shape index (κ3) is 4.34. The number of benzene rings is 2. The number of hydrogen-bond acceptors (Lipinski definition) is 5. The van der Waals surface area contributed by atoms with Gasteiger partial charge in [-0.15, -0.1) is 0 Å². The number of fused-ring (bicyclic) bond motifs is 1. The molecule has 0 bridgehead atoms. The molecule has 1 aliphatic carbocycles. The molecule has 2 aromatic carbocycles. The lowest BCUT2D eigenvalue weighted by atomic mass is 9.80. The summed E-state index contributed by atoms with van der Waals surface area (Å²) in [7, 11) is 0. The number of carbonyl (C=O) groups is 2. The molecule has 3 N–H and O–H groups in total. The maximum absolute atomic E-state index is 12.1. The lowest BCUT2D eigenvalue weighted by Crippen LogP contribution is -2.49. The third-order valence-electron chi connectivity index (χ3n) is 4.88. The fourth-order valence-electron chi connectivity index (χ4n) is 3.34. The van der Waals surface area contributed by atoms with E-state index in [0.717, 1.165) is 5.56 Å². The van der Waals surface area contributed by atoms with Crippen molar-refractivity contribution in [3.05, 3.63) is 69.3 Å². The largest absolute Gasteiger partial charge is 0.388 e. The standard InChI is InChI=1S/C20H21N3O5/c1-13-6-7-16(17(10-13)23(27)28)22-19(25)18(24)21-12-20(26)9-8-14-4-2-3-5-15(14)11-20/h2-7,10,26H,8-9,11-12H2,1H3,(H,21,24)(H,22,25). The fourth-order valence-corrected chi connectivity index (χ4v) is 3.34. The van der Waals surface area contributed by atoms with Gasteiger partial charge in [0, 0.05) is 19.0 Å². The van der Waals surface area contributed by atoms with Crippen molar-refractivity contribution in [1.29, 1.82) is 0 Å². The van der Waals surface area contributed by atoms with Crippen LogP contribution < -0.4 is 10.6 Å². The van der Waals surface area contributed by atoms with E-state index in [9.17, 15) is 24.8 Å². The van der Waals surface area contributed by atoms with Gasteiger partial charge in [0.05, 0.1) is 10.5 Å². The Bertz CT molecular complexity index is 943. The van der Waals surface area contributed by atoms with Crippen molar-refractivity contribution < 1.29 is 19.6 Å². The van der Waals surface area contributed by atoms with E-state index in [-0.39, 0.29) is 17.9 Å². The lowest BCUT2D eigenvalue weighted by Gasteiger charge is -2.33. The fraction of sp³-hybridized carbons (Fsp3) is 0.300. The highest BCUT2D eigenvalue weighted by molar-refractivity contribution is 6.39. The monoisotopic (exact) mass is 383 g/mol. The molecule has 0 aromatic heterocycles. The van der Waals surface area contributed by atoms with Crippen LogP contribution in [0, 0.1) is 17.0 Å². The first-order valence-corrected chi connectivity index (χ1v) is 8.91. The molecule has 146 valence electrons. The zero-order valence-corrected chi connectivity index (χ0v) is 15.4. The SMILES string of the molecule is Cc1ccc(NC(=O)C(=O)NCC2(O)CCc3ccccc3C2)c([N+](=O)[O-])c1. The van der Waals surface area contributed by atoms with Crippen molar-refractivity contribution in [2.24, 2.45) is 0 Å². The van der Waals surface area contributed by atoms with Gasteiger partial charge < -0.3 is 15.7 Å². The minimum atomic E-state index is -1.14. The van der Waals surface area contributed by atoms with Crippen LogP contribution in [-0.4, -0.2) is 34.0 Å². The van der Waals surface area contributed by atoms with E-state index >= 15 is 0 Å². The van der Waals surface area contributed by atoms with E-state index in [0.29, 0.717) is 24.8 Å². The van der Waals surface area contributed by atoms with Gasteiger partial charge in [0.1, 0.15) is 5.69 Å². The molecule has 2 aromatic rings. The van der Waals surface area contributed by atoms with Gasteiger partial charge in [-0.1, -0.05) is 30.3 Å².